The fraction of sp³-hybridized carbons (Fsp3) is 0.353. The highest BCUT2D eigenvalue weighted by molar-refractivity contribution is 7.98. The zero-order chi connectivity index (χ0) is 17.7. The van der Waals surface area contributed by atoms with Crippen molar-refractivity contribution in [1.29, 1.82) is 0 Å². The van der Waals surface area contributed by atoms with E-state index in [-0.39, 0.29) is 11.8 Å². The van der Waals surface area contributed by atoms with E-state index in [1.807, 2.05) is 13.2 Å². The number of hydrogen-bond donors (Lipinski definition) is 2. The van der Waals surface area contributed by atoms with Crippen LogP contribution in [-0.2, 0) is 9.59 Å². The first-order chi connectivity index (χ1) is 11.4. The Morgan fingerprint density at radius 3 is 2.71 bits per heavy atom. The first-order valence-electron chi connectivity index (χ1n) is 7.52. The topological polar surface area (TPSA) is 88.4 Å². The minimum Gasteiger partial charge on any atom is -0.423 e. The maximum atomic E-state index is 12.4. The van der Waals surface area contributed by atoms with E-state index in [1.165, 1.54) is 13.0 Å². The Balaban J connectivity index is 2.21. The van der Waals surface area contributed by atoms with Crippen LogP contribution in [0.4, 0.5) is 5.69 Å². The molecular formula is C17H20N2O4S. The van der Waals surface area contributed by atoms with Crippen molar-refractivity contribution in [1.82, 2.24) is 5.32 Å². The predicted octanol–water partition coefficient (Wildman–Crippen LogP) is 2.30. The summed E-state index contributed by atoms with van der Waals surface area (Å²) in [5, 5.41) is 6.23. The minimum absolute atomic E-state index is 0.253. The third-order valence-electron chi connectivity index (χ3n) is 3.52. The quantitative estimate of drug-likeness (QED) is 0.782. The number of amides is 2. The van der Waals surface area contributed by atoms with Gasteiger partial charge in [-0.3, -0.25) is 9.59 Å². The number of anilines is 1. The molecule has 0 bridgehead atoms. The molecular weight excluding hydrogens is 328 g/mol. The minimum atomic E-state index is -0.602. The van der Waals surface area contributed by atoms with Crippen molar-refractivity contribution < 1.29 is 14.0 Å². The van der Waals surface area contributed by atoms with Crippen molar-refractivity contribution in [2.75, 3.05) is 17.3 Å². The molecule has 2 N–H and O–H groups in total. The average molecular weight is 348 g/mol. The van der Waals surface area contributed by atoms with Crippen LogP contribution in [0.2, 0.25) is 0 Å². The molecule has 0 saturated heterocycles. The second-order valence-electron chi connectivity index (χ2n) is 5.48. The Bertz CT molecular complexity index is 816. The third-order valence-corrected chi connectivity index (χ3v) is 4.17. The standard InChI is InChI=1S/C17H20N2O4S/c1-10-8-16(21)23-15-9-12(4-5-13(10)15)19-17(22)14(6-7-24-3)18-11(2)20/h4-5,8-9,14H,6-7H2,1-3H3,(H,18,20)(H,19,22). The summed E-state index contributed by atoms with van der Waals surface area (Å²) in [5.41, 5.74) is 1.31. The van der Waals surface area contributed by atoms with Gasteiger partial charge in [0.2, 0.25) is 11.8 Å². The second kappa shape index (κ2) is 8.01. The Morgan fingerprint density at radius 1 is 1.29 bits per heavy atom. The molecule has 2 aromatic rings. The second-order valence-corrected chi connectivity index (χ2v) is 6.47. The summed E-state index contributed by atoms with van der Waals surface area (Å²) in [4.78, 5) is 35.2. The van der Waals surface area contributed by atoms with Crippen LogP contribution in [0.1, 0.15) is 18.9 Å². The van der Waals surface area contributed by atoms with Crippen LogP contribution in [0.25, 0.3) is 11.0 Å². The van der Waals surface area contributed by atoms with Crippen molar-refractivity contribution in [3.05, 3.63) is 40.2 Å². The molecule has 1 unspecified atom stereocenters. The van der Waals surface area contributed by atoms with E-state index in [1.54, 1.807) is 30.0 Å². The number of fused-ring (bicyclic) bond motifs is 1. The van der Waals surface area contributed by atoms with Gasteiger partial charge in [0, 0.05) is 30.1 Å². The van der Waals surface area contributed by atoms with E-state index in [9.17, 15) is 14.4 Å². The smallest absolute Gasteiger partial charge is 0.336 e. The molecule has 0 aliphatic heterocycles. The Morgan fingerprint density at radius 2 is 2.04 bits per heavy atom. The van der Waals surface area contributed by atoms with Gasteiger partial charge in [-0.15, -0.1) is 0 Å². The number of rotatable bonds is 6. The van der Waals surface area contributed by atoms with Gasteiger partial charge < -0.3 is 15.1 Å². The first kappa shape index (κ1) is 18.1. The molecule has 1 atom stereocenters. The highest BCUT2D eigenvalue weighted by Crippen LogP contribution is 2.21. The van der Waals surface area contributed by atoms with Crippen LogP contribution in [0.3, 0.4) is 0 Å². The third kappa shape index (κ3) is 4.61. The number of thioether (sulfide) groups is 1. The number of carbonyl (C=O) groups is 2. The van der Waals surface area contributed by atoms with Crippen LogP contribution in [-0.4, -0.2) is 29.9 Å². The zero-order valence-electron chi connectivity index (χ0n) is 13.8. The predicted molar refractivity (Wildman–Crippen MR) is 96.5 cm³/mol. The average Bonchev–Trinajstić information content (AvgIpc) is 2.50. The van der Waals surface area contributed by atoms with Crippen molar-refractivity contribution in [2.45, 2.75) is 26.3 Å². The Kier molecular flexibility index (Phi) is 6.03. The molecule has 0 aliphatic rings. The highest BCUT2D eigenvalue weighted by Gasteiger charge is 2.19. The molecule has 7 heteroatoms. The lowest BCUT2D eigenvalue weighted by molar-refractivity contribution is -0.125. The molecule has 0 saturated carbocycles. The summed E-state index contributed by atoms with van der Waals surface area (Å²) in [6, 6.07) is 5.97. The maximum Gasteiger partial charge on any atom is 0.336 e. The number of nitrogens with one attached hydrogen (secondary N) is 2. The number of benzene rings is 1. The van der Waals surface area contributed by atoms with Gasteiger partial charge >= 0.3 is 5.63 Å². The van der Waals surface area contributed by atoms with Crippen LogP contribution >= 0.6 is 11.8 Å². The fourth-order valence-corrected chi connectivity index (χ4v) is 2.85. The van der Waals surface area contributed by atoms with Gasteiger partial charge in [-0.1, -0.05) is 0 Å². The molecule has 0 spiro atoms. The molecule has 1 aromatic carbocycles. The van der Waals surface area contributed by atoms with Gasteiger partial charge in [0.1, 0.15) is 11.6 Å². The molecule has 1 aromatic heterocycles. The van der Waals surface area contributed by atoms with Gasteiger partial charge in [0.15, 0.2) is 0 Å². The summed E-state index contributed by atoms with van der Waals surface area (Å²) in [5.74, 6) is 0.203. The largest absolute Gasteiger partial charge is 0.423 e. The first-order valence-corrected chi connectivity index (χ1v) is 8.91. The number of aryl methyl sites for hydroxylation is 1. The van der Waals surface area contributed by atoms with Crippen molar-refractivity contribution >= 4 is 40.2 Å². The monoisotopic (exact) mass is 348 g/mol. The Labute approximate surface area is 144 Å². The summed E-state index contributed by atoms with van der Waals surface area (Å²) < 4.78 is 5.17. The van der Waals surface area contributed by atoms with E-state index in [0.29, 0.717) is 17.7 Å². The van der Waals surface area contributed by atoms with Crippen LogP contribution in [0.5, 0.6) is 0 Å². The fourth-order valence-electron chi connectivity index (χ4n) is 2.38. The van der Waals surface area contributed by atoms with Gasteiger partial charge in [0.05, 0.1) is 0 Å². The van der Waals surface area contributed by atoms with E-state index in [2.05, 4.69) is 10.6 Å². The lowest BCUT2D eigenvalue weighted by atomic mass is 10.1. The van der Waals surface area contributed by atoms with Crippen molar-refractivity contribution in [3.63, 3.8) is 0 Å². The normalized spacial score (nSPS) is 12.0. The summed E-state index contributed by atoms with van der Waals surface area (Å²) in [6.45, 7) is 3.21. The van der Waals surface area contributed by atoms with Crippen molar-refractivity contribution in [2.24, 2.45) is 0 Å². The summed E-state index contributed by atoms with van der Waals surface area (Å²) in [7, 11) is 0. The summed E-state index contributed by atoms with van der Waals surface area (Å²) >= 11 is 1.60. The molecule has 1 heterocycles. The van der Waals surface area contributed by atoms with E-state index in [4.69, 9.17) is 4.42 Å². The highest BCUT2D eigenvalue weighted by atomic mass is 32.2. The molecule has 2 rings (SSSR count). The molecule has 0 aliphatic carbocycles. The van der Waals surface area contributed by atoms with Crippen LogP contribution in [0.15, 0.2) is 33.5 Å². The van der Waals surface area contributed by atoms with Crippen molar-refractivity contribution in [3.8, 4) is 0 Å². The molecule has 128 valence electrons. The zero-order valence-corrected chi connectivity index (χ0v) is 14.7. The molecule has 2 amide bonds. The van der Waals surface area contributed by atoms with E-state index < -0.39 is 11.7 Å². The van der Waals surface area contributed by atoms with Gasteiger partial charge in [-0.25, -0.2) is 4.79 Å². The molecule has 0 fully saturated rings. The molecule has 6 nitrogen and oxygen atoms in total. The molecule has 0 radical (unpaired) electrons. The van der Waals surface area contributed by atoms with Gasteiger partial charge in [-0.2, -0.15) is 11.8 Å². The summed E-state index contributed by atoms with van der Waals surface area (Å²) in [6.07, 6.45) is 2.48. The lowest BCUT2D eigenvalue weighted by Crippen LogP contribution is -2.43. The van der Waals surface area contributed by atoms with Gasteiger partial charge in [0.25, 0.3) is 0 Å². The molecule has 24 heavy (non-hydrogen) atoms. The SMILES string of the molecule is CSCCC(NC(C)=O)C(=O)Nc1ccc2c(C)cc(=O)oc2c1. The van der Waals surface area contributed by atoms with E-state index >= 15 is 0 Å². The van der Waals surface area contributed by atoms with Crippen LogP contribution < -0.4 is 16.3 Å². The lowest BCUT2D eigenvalue weighted by Gasteiger charge is -2.17. The number of hydrogen-bond acceptors (Lipinski definition) is 5. The Hall–Kier alpha value is -2.28. The van der Waals surface area contributed by atoms with Gasteiger partial charge in [-0.05, 0) is 43.0 Å². The number of carbonyl (C=O) groups excluding carboxylic acids is 2. The van der Waals surface area contributed by atoms with Crippen LogP contribution in [0, 0.1) is 6.92 Å². The maximum absolute atomic E-state index is 12.4. The van der Waals surface area contributed by atoms with E-state index in [0.717, 1.165) is 16.7 Å².